The molecule has 12 heteroatoms. The number of aryl methyl sites for hydroxylation is 1. The van der Waals surface area contributed by atoms with Crippen molar-refractivity contribution in [2.75, 3.05) is 49.5 Å². The van der Waals surface area contributed by atoms with Gasteiger partial charge in [0.15, 0.2) is 5.13 Å². The van der Waals surface area contributed by atoms with E-state index in [0.717, 1.165) is 56.3 Å². The Morgan fingerprint density at radius 3 is 2.54 bits per heavy atom. The molecular weight excluding hydrogens is 558 g/mol. The molecule has 3 aromatic rings. The number of carbonyl (C=O) groups excluding carboxylic acids is 1. The van der Waals surface area contributed by atoms with E-state index < -0.39 is 5.97 Å². The lowest BCUT2D eigenvalue weighted by Crippen LogP contribution is -2.47. The Hall–Kier alpha value is -2.93. The number of nitrogens with one attached hydrogen (secondary N) is 1. The maximum Gasteiger partial charge on any atom is 0.304 e. The van der Waals surface area contributed by atoms with Gasteiger partial charge in [-0.1, -0.05) is 32.1 Å². The van der Waals surface area contributed by atoms with Crippen LogP contribution in [0.4, 0.5) is 10.9 Å². The monoisotopic (exact) mass is 599 g/mol. The zero-order valence-corrected chi connectivity index (χ0v) is 26.1. The normalized spacial score (nSPS) is 17.8. The van der Waals surface area contributed by atoms with Crippen LogP contribution in [0.25, 0.3) is 10.6 Å². The first kappa shape index (κ1) is 31.0. The van der Waals surface area contributed by atoms with E-state index in [1.807, 2.05) is 13.8 Å². The van der Waals surface area contributed by atoms with Crippen LogP contribution in [0.15, 0.2) is 23.8 Å². The molecule has 2 aliphatic rings. The summed E-state index contributed by atoms with van der Waals surface area (Å²) in [4.78, 5) is 46.7. The van der Waals surface area contributed by atoms with Gasteiger partial charge in [0.1, 0.15) is 11.5 Å². The highest BCUT2D eigenvalue weighted by atomic mass is 32.1. The summed E-state index contributed by atoms with van der Waals surface area (Å²) < 4.78 is 0. The van der Waals surface area contributed by atoms with Gasteiger partial charge in [-0.2, -0.15) is 0 Å². The summed E-state index contributed by atoms with van der Waals surface area (Å²) in [5, 5.41) is 14.6. The van der Waals surface area contributed by atoms with Gasteiger partial charge in [-0.05, 0) is 49.7 Å². The van der Waals surface area contributed by atoms with E-state index in [1.165, 1.54) is 29.5 Å². The fourth-order valence-electron chi connectivity index (χ4n) is 5.23. The van der Waals surface area contributed by atoms with E-state index in [4.69, 9.17) is 10.1 Å². The van der Waals surface area contributed by atoms with Crippen LogP contribution >= 0.6 is 22.7 Å². The predicted molar refractivity (Wildman–Crippen MR) is 166 cm³/mol. The Kier molecular flexibility index (Phi) is 11.2. The summed E-state index contributed by atoms with van der Waals surface area (Å²) in [6.07, 6.45) is 6.90. The van der Waals surface area contributed by atoms with Crippen molar-refractivity contribution in [1.29, 1.82) is 0 Å². The van der Waals surface area contributed by atoms with E-state index in [0.29, 0.717) is 23.5 Å². The number of anilines is 2. The zero-order valence-electron chi connectivity index (χ0n) is 24.4. The van der Waals surface area contributed by atoms with Gasteiger partial charge in [-0.3, -0.25) is 24.7 Å². The highest BCUT2D eigenvalue weighted by Crippen LogP contribution is 2.37. The van der Waals surface area contributed by atoms with Gasteiger partial charge in [0.25, 0.3) is 5.91 Å². The number of aliphatic carboxylic acids is 1. The Labute approximate surface area is 250 Å². The van der Waals surface area contributed by atoms with Crippen LogP contribution in [0.3, 0.4) is 0 Å². The van der Waals surface area contributed by atoms with Gasteiger partial charge in [-0.25, -0.2) is 15.0 Å². The van der Waals surface area contributed by atoms with Gasteiger partial charge < -0.3 is 10.0 Å². The van der Waals surface area contributed by atoms with E-state index in [9.17, 15) is 9.59 Å². The van der Waals surface area contributed by atoms with Crippen LogP contribution in [-0.2, 0) is 11.3 Å². The average Bonchev–Trinajstić information content (AvgIpc) is 3.73. The van der Waals surface area contributed by atoms with Gasteiger partial charge in [0.05, 0.1) is 29.4 Å². The molecule has 2 saturated heterocycles. The Balaban J connectivity index is 0.00000189. The number of aromatic nitrogens is 3. The van der Waals surface area contributed by atoms with Crippen LogP contribution in [0.2, 0.25) is 0 Å². The average molecular weight is 600 g/mol. The third kappa shape index (κ3) is 8.09. The lowest BCUT2D eigenvalue weighted by atomic mass is 10.1. The molecule has 10 nitrogen and oxygen atoms in total. The quantitative estimate of drug-likeness (QED) is 0.324. The number of carbonyl (C=O) groups is 2. The minimum absolute atomic E-state index is 0.149. The van der Waals surface area contributed by atoms with Gasteiger partial charge in [0, 0.05) is 50.2 Å². The maximum atomic E-state index is 13.1. The van der Waals surface area contributed by atoms with Crippen LogP contribution in [0.5, 0.6) is 0 Å². The molecule has 41 heavy (non-hydrogen) atoms. The number of carboxylic acids is 1. The number of hydrogen-bond acceptors (Lipinski definition) is 10. The molecule has 0 aliphatic carbocycles. The molecule has 2 aliphatic heterocycles. The second kappa shape index (κ2) is 14.8. The first-order valence-corrected chi connectivity index (χ1v) is 16.2. The third-order valence-corrected chi connectivity index (χ3v) is 9.42. The number of piperazine rings is 1. The summed E-state index contributed by atoms with van der Waals surface area (Å²) in [5.41, 5.74) is 2.41. The van der Waals surface area contributed by atoms with Crippen molar-refractivity contribution in [2.45, 2.75) is 66.0 Å². The standard InChI is InChI=1S/C27H35N7O3S2.C2H6/c1-3-19-5-4-7-34(19)16-22-25(21-13-18(2)17-38-21)30-27(39-22)31-26(37)20-14-29-23(15-28-20)33-11-9-32(10-12-33)8-6-24(35)36;1-2/h13-15,17,19H,3-12,16H2,1-2H3,(H,35,36)(H,30,31,37);1-2H3. The van der Waals surface area contributed by atoms with E-state index >= 15 is 0 Å². The van der Waals surface area contributed by atoms with Crippen molar-refractivity contribution in [3.63, 3.8) is 0 Å². The predicted octanol–water partition coefficient (Wildman–Crippen LogP) is 5.22. The number of nitrogens with zero attached hydrogens (tertiary/aromatic N) is 6. The maximum absolute atomic E-state index is 13.1. The summed E-state index contributed by atoms with van der Waals surface area (Å²) in [6.45, 7) is 13.8. The molecule has 1 unspecified atom stereocenters. The lowest BCUT2D eigenvalue weighted by molar-refractivity contribution is -0.137. The summed E-state index contributed by atoms with van der Waals surface area (Å²) in [6, 6.07) is 2.76. The number of hydrogen-bond donors (Lipinski definition) is 2. The number of thiazole rings is 1. The van der Waals surface area contributed by atoms with Gasteiger partial charge >= 0.3 is 5.97 Å². The second-order valence-electron chi connectivity index (χ2n) is 10.1. The van der Waals surface area contributed by atoms with Crippen molar-refractivity contribution in [3.05, 3.63) is 40.0 Å². The van der Waals surface area contributed by atoms with E-state index in [1.54, 1.807) is 28.9 Å². The molecule has 222 valence electrons. The highest BCUT2D eigenvalue weighted by molar-refractivity contribution is 7.17. The molecule has 0 bridgehead atoms. The molecule has 1 atom stereocenters. The van der Waals surface area contributed by atoms with Crippen LogP contribution < -0.4 is 10.2 Å². The molecule has 0 saturated carbocycles. The minimum Gasteiger partial charge on any atom is -0.481 e. The smallest absolute Gasteiger partial charge is 0.304 e. The molecule has 3 aromatic heterocycles. The molecular formula is C29H41N7O3S2. The number of thiophene rings is 1. The molecule has 0 spiro atoms. The van der Waals surface area contributed by atoms with Crippen LogP contribution in [0.1, 0.15) is 67.4 Å². The number of carboxylic acid groups (broad SMARTS) is 1. The SMILES string of the molecule is CC.CCC1CCCN1Cc1sc(NC(=O)c2cnc(N3CCN(CCC(=O)O)CC3)cn2)nc1-c1cc(C)cs1. The molecule has 2 N–H and O–H groups in total. The van der Waals surface area contributed by atoms with Gasteiger partial charge in [0.2, 0.25) is 0 Å². The molecule has 5 rings (SSSR count). The molecule has 0 radical (unpaired) electrons. The fraction of sp³-hybridized carbons (Fsp3) is 0.552. The first-order chi connectivity index (χ1) is 19.9. The van der Waals surface area contributed by atoms with Gasteiger partial charge in [-0.15, -0.1) is 11.3 Å². The number of likely N-dealkylation sites (tertiary alicyclic amines) is 1. The topological polar surface area (TPSA) is 115 Å². The highest BCUT2D eigenvalue weighted by Gasteiger charge is 2.26. The van der Waals surface area contributed by atoms with Crippen molar-refractivity contribution in [2.24, 2.45) is 0 Å². The van der Waals surface area contributed by atoms with Crippen molar-refractivity contribution in [1.82, 2.24) is 24.8 Å². The zero-order chi connectivity index (χ0) is 29.4. The summed E-state index contributed by atoms with van der Waals surface area (Å²) >= 11 is 3.23. The Morgan fingerprint density at radius 2 is 1.90 bits per heavy atom. The first-order valence-electron chi connectivity index (χ1n) is 14.5. The minimum atomic E-state index is -0.777. The molecule has 0 aromatic carbocycles. The van der Waals surface area contributed by atoms with E-state index in [-0.39, 0.29) is 18.0 Å². The van der Waals surface area contributed by atoms with Crippen molar-refractivity contribution in [3.8, 4) is 10.6 Å². The lowest BCUT2D eigenvalue weighted by Gasteiger charge is -2.34. The number of amides is 1. The molecule has 5 heterocycles. The van der Waals surface area contributed by atoms with Crippen molar-refractivity contribution < 1.29 is 14.7 Å². The van der Waals surface area contributed by atoms with Crippen LogP contribution in [-0.4, -0.2) is 87.0 Å². The van der Waals surface area contributed by atoms with Crippen molar-refractivity contribution >= 4 is 45.5 Å². The third-order valence-electron chi connectivity index (χ3n) is 7.41. The second-order valence-corrected chi connectivity index (χ2v) is 12.1. The van der Waals surface area contributed by atoms with E-state index in [2.05, 4.69) is 55.3 Å². The Bertz CT molecular complexity index is 1290. The largest absolute Gasteiger partial charge is 0.481 e. The molecule has 2 fully saturated rings. The molecule has 1 amide bonds. The Morgan fingerprint density at radius 1 is 1.12 bits per heavy atom. The number of rotatable bonds is 10. The fourth-order valence-corrected chi connectivity index (χ4v) is 7.20. The summed E-state index contributed by atoms with van der Waals surface area (Å²) in [7, 11) is 0. The van der Waals surface area contributed by atoms with Crippen LogP contribution in [0, 0.1) is 6.92 Å². The summed E-state index contributed by atoms with van der Waals surface area (Å²) in [5.74, 6) is -0.387.